The number of benzene rings is 1. The largest absolute Gasteiger partial charge is 0.381 e. The van der Waals surface area contributed by atoms with Gasteiger partial charge in [0, 0.05) is 44.8 Å². The van der Waals surface area contributed by atoms with Crippen LogP contribution in [0.3, 0.4) is 0 Å². The van der Waals surface area contributed by atoms with E-state index in [0.29, 0.717) is 18.9 Å². The van der Waals surface area contributed by atoms with Crippen molar-refractivity contribution in [2.45, 2.75) is 25.8 Å². The zero-order chi connectivity index (χ0) is 15.4. The highest BCUT2D eigenvalue weighted by atomic mass is 16.5. The number of carbonyl (C=O) groups is 1. The van der Waals surface area contributed by atoms with Crippen molar-refractivity contribution in [2.24, 2.45) is 5.92 Å². The molecule has 1 fully saturated rings. The Hall–Kier alpha value is -1.94. The summed E-state index contributed by atoms with van der Waals surface area (Å²) in [6.45, 7) is 2.16. The van der Waals surface area contributed by atoms with Gasteiger partial charge in [0.2, 0.25) is 5.91 Å². The standard InChI is InChI=1S/C18H22N2O2/c1-20(18(21)10-14-5-4-8-22-13-14)12-15-9-16-6-2-3-7-17(16)19-11-15/h2-3,6-7,9,11,14H,4-5,8,10,12-13H2,1H3/t14-/m0/s1. The van der Waals surface area contributed by atoms with Crippen LogP contribution in [0.5, 0.6) is 0 Å². The number of pyridine rings is 1. The molecule has 3 rings (SSSR count). The number of nitrogens with zero attached hydrogens (tertiary/aromatic N) is 2. The van der Waals surface area contributed by atoms with Crippen molar-refractivity contribution in [3.05, 3.63) is 42.1 Å². The molecule has 4 heteroatoms. The Bertz CT molecular complexity index is 650. The number of amides is 1. The smallest absolute Gasteiger partial charge is 0.222 e. The van der Waals surface area contributed by atoms with Crippen LogP contribution in [0.1, 0.15) is 24.8 Å². The summed E-state index contributed by atoms with van der Waals surface area (Å²) in [6, 6.07) is 10.1. The van der Waals surface area contributed by atoms with Crippen molar-refractivity contribution in [3.8, 4) is 0 Å². The topological polar surface area (TPSA) is 42.4 Å². The molecule has 0 saturated carbocycles. The molecule has 22 heavy (non-hydrogen) atoms. The molecule has 0 N–H and O–H groups in total. The fourth-order valence-corrected chi connectivity index (χ4v) is 2.94. The third-order valence-corrected chi connectivity index (χ3v) is 4.21. The van der Waals surface area contributed by atoms with Crippen LogP contribution in [0, 0.1) is 5.92 Å². The third-order valence-electron chi connectivity index (χ3n) is 4.21. The predicted molar refractivity (Wildman–Crippen MR) is 86.4 cm³/mol. The number of ether oxygens (including phenoxy) is 1. The van der Waals surface area contributed by atoms with Crippen molar-refractivity contribution >= 4 is 16.8 Å². The van der Waals surface area contributed by atoms with Crippen LogP contribution < -0.4 is 0 Å². The Balaban J connectivity index is 1.61. The van der Waals surface area contributed by atoms with Gasteiger partial charge in [-0.15, -0.1) is 0 Å². The molecule has 1 aliphatic heterocycles. The summed E-state index contributed by atoms with van der Waals surface area (Å²) in [5.74, 6) is 0.557. The monoisotopic (exact) mass is 298 g/mol. The Morgan fingerprint density at radius 1 is 1.41 bits per heavy atom. The molecule has 0 aliphatic carbocycles. The summed E-state index contributed by atoms with van der Waals surface area (Å²) >= 11 is 0. The second kappa shape index (κ2) is 6.88. The molecule has 1 aromatic carbocycles. The van der Waals surface area contributed by atoms with E-state index in [1.807, 2.05) is 37.5 Å². The first-order valence-corrected chi connectivity index (χ1v) is 7.88. The van der Waals surface area contributed by atoms with Crippen LogP contribution in [0.25, 0.3) is 10.9 Å². The zero-order valence-electron chi connectivity index (χ0n) is 13.0. The molecule has 116 valence electrons. The lowest BCUT2D eigenvalue weighted by Gasteiger charge is -2.24. The van der Waals surface area contributed by atoms with Crippen LogP contribution in [0.2, 0.25) is 0 Å². The molecule has 4 nitrogen and oxygen atoms in total. The minimum absolute atomic E-state index is 0.184. The fraction of sp³-hybridized carbons (Fsp3) is 0.444. The zero-order valence-corrected chi connectivity index (χ0v) is 13.0. The maximum atomic E-state index is 12.3. The van der Waals surface area contributed by atoms with Crippen LogP contribution in [-0.2, 0) is 16.1 Å². The maximum Gasteiger partial charge on any atom is 0.222 e. The van der Waals surface area contributed by atoms with E-state index in [1.165, 1.54) is 0 Å². The van der Waals surface area contributed by atoms with Gasteiger partial charge < -0.3 is 9.64 Å². The molecule has 0 spiro atoms. The van der Waals surface area contributed by atoms with Crippen LogP contribution in [0.15, 0.2) is 36.5 Å². The first kappa shape index (κ1) is 15.0. The van der Waals surface area contributed by atoms with E-state index in [2.05, 4.69) is 11.1 Å². The van der Waals surface area contributed by atoms with E-state index >= 15 is 0 Å². The number of para-hydroxylation sites is 1. The average Bonchev–Trinajstić information content (AvgIpc) is 2.55. The number of aromatic nitrogens is 1. The lowest BCUT2D eigenvalue weighted by molar-refractivity contribution is -0.132. The van der Waals surface area contributed by atoms with Gasteiger partial charge in [0.15, 0.2) is 0 Å². The summed E-state index contributed by atoms with van der Waals surface area (Å²) in [6.07, 6.45) is 4.60. The van der Waals surface area contributed by atoms with Crippen LogP contribution in [-0.4, -0.2) is 36.1 Å². The Morgan fingerprint density at radius 3 is 3.09 bits per heavy atom. The Labute approximate surface area is 131 Å². The summed E-state index contributed by atoms with van der Waals surface area (Å²) in [4.78, 5) is 18.6. The SMILES string of the molecule is CN(Cc1cnc2ccccc2c1)C(=O)C[C@@H]1CCCOC1. The summed E-state index contributed by atoms with van der Waals surface area (Å²) < 4.78 is 5.45. The highest BCUT2D eigenvalue weighted by molar-refractivity contribution is 5.79. The molecule has 0 bridgehead atoms. The number of fused-ring (bicyclic) bond motifs is 1. The second-order valence-corrected chi connectivity index (χ2v) is 6.07. The van der Waals surface area contributed by atoms with E-state index in [1.54, 1.807) is 4.90 Å². The van der Waals surface area contributed by atoms with Gasteiger partial charge in [-0.3, -0.25) is 9.78 Å². The number of hydrogen-bond acceptors (Lipinski definition) is 3. The van der Waals surface area contributed by atoms with Crippen molar-refractivity contribution < 1.29 is 9.53 Å². The summed E-state index contributed by atoms with van der Waals surface area (Å²) in [7, 11) is 1.86. The molecule has 2 aromatic rings. The van der Waals surface area contributed by atoms with Crippen LogP contribution in [0.4, 0.5) is 0 Å². The minimum atomic E-state index is 0.184. The number of hydrogen-bond donors (Lipinski definition) is 0. The van der Waals surface area contributed by atoms with Crippen molar-refractivity contribution in [1.82, 2.24) is 9.88 Å². The van der Waals surface area contributed by atoms with Crippen molar-refractivity contribution in [1.29, 1.82) is 0 Å². The fourth-order valence-electron chi connectivity index (χ4n) is 2.94. The summed E-state index contributed by atoms with van der Waals surface area (Å²) in [5, 5.41) is 1.11. The lowest BCUT2D eigenvalue weighted by Crippen LogP contribution is -2.30. The van der Waals surface area contributed by atoms with E-state index in [9.17, 15) is 4.79 Å². The quantitative estimate of drug-likeness (QED) is 0.871. The van der Waals surface area contributed by atoms with E-state index < -0.39 is 0 Å². The molecule has 1 aliphatic rings. The number of carbonyl (C=O) groups excluding carboxylic acids is 1. The van der Waals surface area contributed by atoms with Gasteiger partial charge in [-0.05, 0) is 36.5 Å². The normalized spacial score (nSPS) is 18.3. The molecule has 1 amide bonds. The molecule has 1 saturated heterocycles. The van der Waals surface area contributed by atoms with E-state index in [4.69, 9.17) is 4.74 Å². The van der Waals surface area contributed by atoms with Gasteiger partial charge in [-0.25, -0.2) is 0 Å². The molecule has 2 heterocycles. The van der Waals surface area contributed by atoms with Gasteiger partial charge in [-0.2, -0.15) is 0 Å². The maximum absolute atomic E-state index is 12.3. The van der Waals surface area contributed by atoms with Gasteiger partial charge in [0.05, 0.1) is 5.52 Å². The highest BCUT2D eigenvalue weighted by Crippen LogP contribution is 2.19. The predicted octanol–water partition coefficient (Wildman–Crippen LogP) is 3.01. The van der Waals surface area contributed by atoms with Gasteiger partial charge in [0.1, 0.15) is 0 Å². The molecular formula is C18H22N2O2. The molecule has 1 atom stereocenters. The second-order valence-electron chi connectivity index (χ2n) is 6.07. The Morgan fingerprint density at radius 2 is 2.27 bits per heavy atom. The summed E-state index contributed by atoms with van der Waals surface area (Å²) in [5.41, 5.74) is 2.05. The average molecular weight is 298 g/mol. The molecule has 1 aromatic heterocycles. The van der Waals surface area contributed by atoms with E-state index in [0.717, 1.165) is 42.5 Å². The van der Waals surface area contributed by atoms with Gasteiger partial charge in [-0.1, -0.05) is 18.2 Å². The molecule has 0 radical (unpaired) electrons. The highest BCUT2D eigenvalue weighted by Gasteiger charge is 2.19. The number of rotatable bonds is 4. The van der Waals surface area contributed by atoms with Crippen LogP contribution >= 0.6 is 0 Å². The molecule has 0 unspecified atom stereocenters. The minimum Gasteiger partial charge on any atom is -0.381 e. The lowest BCUT2D eigenvalue weighted by atomic mass is 9.98. The first-order valence-electron chi connectivity index (χ1n) is 7.88. The Kier molecular flexibility index (Phi) is 4.68. The van der Waals surface area contributed by atoms with Gasteiger partial charge >= 0.3 is 0 Å². The molecular weight excluding hydrogens is 276 g/mol. The first-order chi connectivity index (χ1) is 10.7. The van der Waals surface area contributed by atoms with Gasteiger partial charge in [0.25, 0.3) is 0 Å². The van der Waals surface area contributed by atoms with Crippen molar-refractivity contribution in [2.75, 3.05) is 20.3 Å². The third kappa shape index (κ3) is 3.63. The van der Waals surface area contributed by atoms with E-state index in [-0.39, 0.29) is 5.91 Å². The van der Waals surface area contributed by atoms with Crippen molar-refractivity contribution in [3.63, 3.8) is 0 Å².